The lowest BCUT2D eigenvalue weighted by atomic mass is 9.91. The maximum Gasteiger partial charge on any atom is 0.277 e. The molecule has 1 aliphatic heterocycles. The number of aryl methyl sites for hydroxylation is 1. The Labute approximate surface area is 241 Å². The van der Waals surface area contributed by atoms with Gasteiger partial charge < -0.3 is 25.3 Å². The van der Waals surface area contributed by atoms with E-state index in [4.69, 9.17) is 9.41 Å². The van der Waals surface area contributed by atoms with Gasteiger partial charge in [-0.1, -0.05) is 18.2 Å². The van der Waals surface area contributed by atoms with Crippen molar-refractivity contribution >= 4 is 29.1 Å². The highest BCUT2D eigenvalue weighted by Gasteiger charge is 2.31. The fourth-order valence-electron chi connectivity index (χ4n) is 5.36. The summed E-state index contributed by atoms with van der Waals surface area (Å²) in [6.45, 7) is 6.44. The Morgan fingerprint density at radius 3 is 2.71 bits per heavy atom. The molecule has 3 N–H and O–H groups in total. The molecule has 218 valence electrons. The number of rotatable bonds is 12. The third-order valence-corrected chi connectivity index (χ3v) is 8.02. The molecule has 1 saturated carbocycles. The van der Waals surface area contributed by atoms with E-state index in [2.05, 4.69) is 40.8 Å². The number of aliphatic imine (C=N–C) groups is 1. The number of nitrogens with one attached hydrogen (secondary N) is 3. The molecule has 2 atom stereocenters. The van der Waals surface area contributed by atoms with Crippen molar-refractivity contribution in [2.75, 3.05) is 31.5 Å². The van der Waals surface area contributed by atoms with Gasteiger partial charge in [0, 0.05) is 43.7 Å². The minimum Gasteiger partial charge on any atom is -0.448 e. The normalized spacial score (nSPS) is 21.6. The zero-order valence-corrected chi connectivity index (χ0v) is 23.9. The second-order valence-corrected chi connectivity index (χ2v) is 11.2. The van der Waals surface area contributed by atoms with Gasteiger partial charge in [-0.3, -0.25) is 19.4 Å². The highest BCUT2D eigenvalue weighted by molar-refractivity contribution is 6.07. The van der Waals surface area contributed by atoms with Gasteiger partial charge in [0.15, 0.2) is 11.6 Å². The van der Waals surface area contributed by atoms with Crippen LogP contribution in [0.15, 0.2) is 51.7 Å². The Morgan fingerprint density at radius 1 is 1.12 bits per heavy atom. The van der Waals surface area contributed by atoms with Gasteiger partial charge in [-0.25, -0.2) is 4.98 Å². The van der Waals surface area contributed by atoms with Crippen LogP contribution in [0.1, 0.15) is 79.7 Å². The van der Waals surface area contributed by atoms with Gasteiger partial charge in [0.05, 0.1) is 23.9 Å². The summed E-state index contributed by atoms with van der Waals surface area (Å²) >= 11 is 0. The van der Waals surface area contributed by atoms with E-state index >= 15 is 0 Å². The van der Waals surface area contributed by atoms with E-state index in [1.807, 2.05) is 23.1 Å². The number of amides is 3. The number of carbonyl (C=O) groups is 3. The van der Waals surface area contributed by atoms with Crippen molar-refractivity contribution < 1.29 is 18.8 Å². The molecule has 3 aliphatic rings. The zero-order chi connectivity index (χ0) is 28.8. The smallest absolute Gasteiger partial charge is 0.277 e. The Kier molecular flexibility index (Phi) is 9.16. The molecule has 1 saturated heterocycles. The van der Waals surface area contributed by atoms with Crippen LogP contribution in [0.5, 0.6) is 0 Å². The van der Waals surface area contributed by atoms with Crippen molar-refractivity contribution in [1.82, 2.24) is 20.5 Å². The molecule has 10 nitrogen and oxygen atoms in total. The molecule has 2 unspecified atom stereocenters. The molecule has 10 heteroatoms. The van der Waals surface area contributed by atoms with E-state index in [1.54, 1.807) is 6.08 Å². The fourth-order valence-corrected chi connectivity index (χ4v) is 5.36. The van der Waals surface area contributed by atoms with E-state index in [1.165, 1.54) is 11.8 Å². The van der Waals surface area contributed by atoms with E-state index < -0.39 is 0 Å². The molecule has 2 heterocycles. The first-order chi connectivity index (χ1) is 19.9. The van der Waals surface area contributed by atoms with Crippen LogP contribution in [-0.4, -0.2) is 65.5 Å². The molecule has 0 bridgehead atoms. The lowest BCUT2D eigenvalue weighted by Gasteiger charge is -2.24. The second kappa shape index (κ2) is 13.1. The monoisotopic (exact) mass is 560 g/mol. The van der Waals surface area contributed by atoms with Crippen molar-refractivity contribution in [3.8, 4) is 0 Å². The van der Waals surface area contributed by atoms with Crippen LogP contribution < -0.4 is 16.0 Å². The minimum atomic E-state index is -0.388. The third kappa shape index (κ3) is 7.42. The first-order valence-corrected chi connectivity index (χ1v) is 14.8. The van der Waals surface area contributed by atoms with Gasteiger partial charge in [0.1, 0.15) is 6.26 Å². The maximum atomic E-state index is 13.1. The van der Waals surface area contributed by atoms with Crippen LogP contribution in [-0.2, 0) is 9.59 Å². The molecule has 3 amide bonds. The number of allylic oxidation sites excluding steroid dienone is 1. The Hall–Kier alpha value is -3.95. The van der Waals surface area contributed by atoms with E-state index in [0.717, 1.165) is 30.7 Å². The number of anilines is 1. The summed E-state index contributed by atoms with van der Waals surface area (Å²) in [5.41, 5.74) is 3.77. The first kappa shape index (κ1) is 28.6. The summed E-state index contributed by atoms with van der Waals surface area (Å²) in [6, 6.07) is 8.36. The minimum absolute atomic E-state index is 0.0877. The van der Waals surface area contributed by atoms with Gasteiger partial charge >= 0.3 is 0 Å². The summed E-state index contributed by atoms with van der Waals surface area (Å²) in [4.78, 5) is 49.2. The van der Waals surface area contributed by atoms with Crippen molar-refractivity contribution in [3.05, 3.63) is 59.4 Å². The average molecular weight is 561 g/mol. The van der Waals surface area contributed by atoms with E-state index in [9.17, 15) is 14.4 Å². The van der Waals surface area contributed by atoms with Gasteiger partial charge in [-0.15, -0.1) is 0 Å². The standard InChI is InChI=1S/C31H40N6O4/c1-20-6-3-4-7-24(20)32-15-16-33-25-12-11-23(29(39)34-14-5-17-37-21(2)8-13-28(37)38)18-26(25)35-30(40)27-19-41-31(36-27)22-9-10-22/h3-4,6-7,18-19,21-23,32H,5,8-17H2,1-2H3,(H,34,39)(H,35,40). The molecule has 41 heavy (non-hydrogen) atoms. The van der Waals surface area contributed by atoms with Gasteiger partial charge in [-0.05, 0) is 70.1 Å². The topological polar surface area (TPSA) is 129 Å². The van der Waals surface area contributed by atoms with Crippen molar-refractivity contribution in [2.45, 2.75) is 70.8 Å². The Bertz CT molecular complexity index is 1330. The number of oxazole rings is 1. The van der Waals surface area contributed by atoms with E-state index in [0.29, 0.717) is 69.4 Å². The molecule has 0 radical (unpaired) electrons. The molecule has 0 spiro atoms. The summed E-state index contributed by atoms with van der Waals surface area (Å²) in [7, 11) is 0. The molecule has 2 fully saturated rings. The largest absolute Gasteiger partial charge is 0.448 e. The van der Waals surface area contributed by atoms with Crippen molar-refractivity contribution in [3.63, 3.8) is 0 Å². The second-order valence-electron chi connectivity index (χ2n) is 11.2. The number of aromatic nitrogens is 1. The number of benzene rings is 1. The number of para-hydroxylation sites is 1. The molecule has 2 aliphatic carbocycles. The molecular formula is C31H40N6O4. The predicted octanol–water partition coefficient (Wildman–Crippen LogP) is 3.95. The maximum absolute atomic E-state index is 13.1. The first-order valence-electron chi connectivity index (χ1n) is 14.8. The van der Waals surface area contributed by atoms with Gasteiger partial charge in [0.25, 0.3) is 5.91 Å². The van der Waals surface area contributed by atoms with E-state index in [-0.39, 0.29) is 35.4 Å². The van der Waals surface area contributed by atoms with Crippen LogP contribution in [0.3, 0.4) is 0 Å². The van der Waals surface area contributed by atoms with Crippen LogP contribution >= 0.6 is 0 Å². The number of likely N-dealkylation sites (tertiary alicyclic amines) is 1. The Balaban J connectivity index is 1.20. The fraction of sp³-hybridized carbons (Fsp3) is 0.516. The quantitative estimate of drug-likeness (QED) is 0.337. The lowest BCUT2D eigenvalue weighted by Crippen LogP contribution is -2.38. The number of nitrogens with zero attached hydrogens (tertiary/aromatic N) is 3. The summed E-state index contributed by atoms with van der Waals surface area (Å²) in [6.07, 6.45) is 8.65. The highest BCUT2D eigenvalue weighted by Crippen LogP contribution is 2.39. The van der Waals surface area contributed by atoms with Crippen molar-refractivity contribution in [1.29, 1.82) is 0 Å². The van der Waals surface area contributed by atoms with Gasteiger partial charge in [-0.2, -0.15) is 0 Å². The van der Waals surface area contributed by atoms with Crippen LogP contribution in [0.25, 0.3) is 0 Å². The van der Waals surface area contributed by atoms with Crippen LogP contribution in [0.4, 0.5) is 5.69 Å². The van der Waals surface area contributed by atoms with Gasteiger partial charge in [0.2, 0.25) is 11.8 Å². The molecule has 1 aromatic carbocycles. The number of carbonyl (C=O) groups excluding carboxylic acids is 3. The molecule has 1 aromatic heterocycles. The number of hydrogen-bond donors (Lipinski definition) is 3. The highest BCUT2D eigenvalue weighted by atomic mass is 16.3. The lowest BCUT2D eigenvalue weighted by molar-refractivity contribution is -0.128. The summed E-state index contributed by atoms with van der Waals surface area (Å²) in [5.74, 6) is 0.255. The SMILES string of the molecule is Cc1ccccc1NCCN=C1CCC(C(=O)NCCCN2C(=O)CCC2C)C=C1NC(=O)c1coc(C2CC2)n1. The summed E-state index contributed by atoms with van der Waals surface area (Å²) < 4.78 is 5.50. The predicted molar refractivity (Wildman–Crippen MR) is 157 cm³/mol. The Morgan fingerprint density at radius 2 is 1.95 bits per heavy atom. The average Bonchev–Trinajstić information content (AvgIpc) is 3.61. The van der Waals surface area contributed by atoms with Crippen molar-refractivity contribution in [2.24, 2.45) is 10.9 Å². The third-order valence-electron chi connectivity index (χ3n) is 8.02. The molecular weight excluding hydrogens is 520 g/mol. The number of hydrogen-bond acceptors (Lipinski definition) is 7. The summed E-state index contributed by atoms with van der Waals surface area (Å²) in [5, 5.41) is 9.37. The van der Waals surface area contributed by atoms with Crippen LogP contribution in [0, 0.1) is 12.8 Å². The van der Waals surface area contributed by atoms with Crippen LogP contribution in [0.2, 0.25) is 0 Å². The molecule has 2 aromatic rings. The zero-order valence-electron chi connectivity index (χ0n) is 23.9. The molecule has 5 rings (SSSR count).